The third-order valence-corrected chi connectivity index (χ3v) is 3.17. The van der Waals surface area contributed by atoms with Gasteiger partial charge in [-0.3, -0.25) is 5.41 Å². The first kappa shape index (κ1) is 19.9. The summed E-state index contributed by atoms with van der Waals surface area (Å²) in [4.78, 5) is 1.96. The monoisotopic (exact) mass is 343 g/mol. The van der Waals surface area contributed by atoms with Crippen molar-refractivity contribution in [3.8, 4) is 5.75 Å². The van der Waals surface area contributed by atoms with Crippen molar-refractivity contribution < 1.29 is 17.9 Å². The van der Waals surface area contributed by atoms with Crippen molar-refractivity contribution in [1.29, 1.82) is 5.41 Å². The average Bonchev–Trinajstić information content (AvgIpc) is 2.49. The van der Waals surface area contributed by atoms with Gasteiger partial charge in [0.15, 0.2) is 11.6 Å². The van der Waals surface area contributed by atoms with Crippen LogP contribution in [0.4, 0.5) is 18.9 Å². The Morgan fingerprint density at radius 3 is 2.46 bits per heavy atom. The highest BCUT2D eigenvalue weighted by molar-refractivity contribution is 5.91. The van der Waals surface area contributed by atoms with Gasteiger partial charge >= 0.3 is 6.61 Å². The Balaban J connectivity index is 2.82. The van der Waals surface area contributed by atoms with E-state index in [0.29, 0.717) is 17.2 Å². The second kappa shape index (κ2) is 9.85. The van der Waals surface area contributed by atoms with E-state index in [1.54, 1.807) is 13.0 Å². The lowest BCUT2D eigenvalue weighted by atomic mass is 10.2. The third kappa shape index (κ3) is 6.52. The number of hydrogen-bond acceptors (Lipinski definition) is 3. The van der Waals surface area contributed by atoms with E-state index < -0.39 is 18.2 Å². The Morgan fingerprint density at radius 2 is 1.92 bits per heavy atom. The van der Waals surface area contributed by atoms with E-state index in [0.717, 1.165) is 38.1 Å². The zero-order valence-corrected chi connectivity index (χ0v) is 14.2. The highest BCUT2D eigenvalue weighted by atomic mass is 19.3. The molecule has 0 aliphatic heterocycles. The van der Waals surface area contributed by atoms with Crippen molar-refractivity contribution in [3.05, 3.63) is 35.8 Å². The molecule has 0 aromatic heterocycles. The standard InChI is InChI=1S/C17H24F3N3O/c1-4-8-23(9-5-2)16(21)10-12(3)22-13-6-7-14(18)15(11-13)24-17(19)20/h6-7,10-11,17,21-22H,4-5,8-9H2,1-3H3/b12-10-,21-16?. The quantitative estimate of drug-likeness (QED) is 0.498. The Bertz CT molecular complexity index is 570. The highest BCUT2D eigenvalue weighted by Gasteiger charge is 2.11. The number of halogens is 3. The van der Waals surface area contributed by atoms with Crippen LogP contribution in [0.15, 0.2) is 30.0 Å². The molecular weight excluding hydrogens is 319 g/mol. The molecule has 7 heteroatoms. The number of alkyl halides is 2. The van der Waals surface area contributed by atoms with E-state index in [-0.39, 0.29) is 0 Å². The maximum Gasteiger partial charge on any atom is 0.387 e. The minimum absolute atomic E-state index is 0.370. The molecule has 0 aliphatic rings. The molecule has 24 heavy (non-hydrogen) atoms. The summed E-state index contributed by atoms with van der Waals surface area (Å²) >= 11 is 0. The first-order valence-corrected chi connectivity index (χ1v) is 7.90. The number of anilines is 1. The normalized spacial score (nSPS) is 11.5. The van der Waals surface area contributed by atoms with Crippen LogP contribution < -0.4 is 10.1 Å². The molecular formula is C17H24F3N3O. The van der Waals surface area contributed by atoms with Gasteiger partial charge in [0, 0.05) is 30.5 Å². The van der Waals surface area contributed by atoms with E-state index in [4.69, 9.17) is 5.41 Å². The lowest BCUT2D eigenvalue weighted by Crippen LogP contribution is -2.31. The van der Waals surface area contributed by atoms with Crippen molar-refractivity contribution in [2.45, 2.75) is 40.2 Å². The van der Waals surface area contributed by atoms with E-state index in [1.165, 1.54) is 6.07 Å². The number of amidine groups is 1. The lowest BCUT2D eigenvalue weighted by Gasteiger charge is -2.22. The number of ether oxygens (including phenoxy) is 1. The van der Waals surface area contributed by atoms with Gasteiger partial charge in [-0.15, -0.1) is 0 Å². The minimum atomic E-state index is -3.09. The fraction of sp³-hybridized carbons (Fsp3) is 0.471. The van der Waals surface area contributed by atoms with Crippen LogP contribution in [0.2, 0.25) is 0 Å². The topological polar surface area (TPSA) is 48.4 Å². The lowest BCUT2D eigenvalue weighted by molar-refractivity contribution is -0.0521. The smallest absolute Gasteiger partial charge is 0.387 e. The van der Waals surface area contributed by atoms with E-state index in [9.17, 15) is 13.2 Å². The average molecular weight is 343 g/mol. The van der Waals surface area contributed by atoms with E-state index >= 15 is 0 Å². The van der Waals surface area contributed by atoms with Gasteiger partial charge in [-0.2, -0.15) is 8.78 Å². The number of benzene rings is 1. The molecule has 134 valence electrons. The van der Waals surface area contributed by atoms with Crippen LogP contribution >= 0.6 is 0 Å². The van der Waals surface area contributed by atoms with Crippen LogP contribution in [0.3, 0.4) is 0 Å². The fourth-order valence-corrected chi connectivity index (χ4v) is 2.22. The third-order valence-electron chi connectivity index (χ3n) is 3.17. The molecule has 0 unspecified atom stereocenters. The summed E-state index contributed by atoms with van der Waals surface area (Å²) in [7, 11) is 0. The van der Waals surface area contributed by atoms with Gasteiger partial charge in [0.05, 0.1) is 0 Å². The molecule has 0 saturated carbocycles. The van der Waals surface area contributed by atoms with Gasteiger partial charge < -0.3 is 15.0 Å². The second-order valence-electron chi connectivity index (χ2n) is 5.35. The molecule has 1 rings (SSSR count). The summed E-state index contributed by atoms with van der Waals surface area (Å²) in [6.45, 7) is 4.35. The molecule has 0 bridgehead atoms. The summed E-state index contributed by atoms with van der Waals surface area (Å²) in [5.74, 6) is -1.00. The molecule has 1 aromatic carbocycles. The molecule has 0 aliphatic carbocycles. The van der Waals surface area contributed by atoms with Crippen molar-refractivity contribution in [3.63, 3.8) is 0 Å². The molecule has 4 nitrogen and oxygen atoms in total. The van der Waals surface area contributed by atoms with E-state index in [2.05, 4.69) is 10.1 Å². The van der Waals surface area contributed by atoms with Gasteiger partial charge in [-0.1, -0.05) is 13.8 Å². The van der Waals surface area contributed by atoms with Gasteiger partial charge in [0.1, 0.15) is 5.84 Å². The SMILES string of the molecule is CCCN(CCC)C(=N)/C=C(/C)Nc1ccc(F)c(OC(F)F)c1. The Hall–Kier alpha value is -2.18. The number of rotatable bonds is 9. The van der Waals surface area contributed by atoms with Crippen LogP contribution in [-0.4, -0.2) is 30.4 Å². The Labute approximate surface area is 140 Å². The van der Waals surface area contributed by atoms with Gasteiger partial charge in [0.2, 0.25) is 0 Å². The first-order chi connectivity index (χ1) is 11.4. The summed E-state index contributed by atoms with van der Waals surface area (Å²) in [6.07, 6.45) is 3.53. The Morgan fingerprint density at radius 1 is 1.29 bits per heavy atom. The molecule has 0 fully saturated rings. The highest BCUT2D eigenvalue weighted by Crippen LogP contribution is 2.24. The minimum Gasteiger partial charge on any atom is -0.432 e. The van der Waals surface area contributed by atoms with Gasteiger partial charge in [-0.25, -0.2) is 4.39 Å². The molecule has 0 saturated heterocycles. The van der Waals surface area contributed by atoms with Crippen molar-refractivity contribution in [2.24, 2.45) is 0 Å². The van der Waals surface area contributed by atoms with Crippen LogP contribution in [0.5, 0.6) is 5.75 Å². The molecule has 2 N–H and O–H groups in total. The fourth-order valence-electron chi connectivity index (χ4n) is 2.22. The maximum atomic E-state index is 13.4. The zero-order valence-electron chi connectivity index (χ0n) is 14.2. The summed E-state index contributed by atoms with van der Waals surface area (Å²) in [5, 5.41) is 11.1. The van der Waals surface area contributed by atoms with Crippen molar-refractivity contribution in [1.82, 2.24) is 4.90 Å². The summed E-state index contributed by atoms with van der Waals surface area (Å²) < 4.78 is 42.0. The number of nitrogens with zero attached hydrogens (tertiary/aromatic N) is 1. The molecule has 0 spiro atoms. The number of hydrogen-bond donors (Lipinski definition) is 2. The summed E-state index contributed by atoms with van der Waals surface area (Å²) in [6, 6.07) is 3.64. The zero-order chi connectivity index (χ0) is 18.1. The van der Waals surface area contributed by atoms with Crippen LogP contribution in [0.25, 0.3) is 0 Å². The van der Waals surface area contributed by atoms with Crippen molar-refractivity contribution in [2.75, 3.05) is 18.4 Å². The largest absolute Gasteiger partial charge is 0.432 e. The summed E-state index contributed by atoms with van der Waals surface area (Å²) in [5.41, 5.74) is 1.05. The van der Waals surface area contributed by atoms with Crippen LogP contribution in [0, 0.1) is 11.2 Å². The molecule has 0 heterocycles. The van der Waals surface area contributed by atoms with Gasteiger partial charge in [-0.05, 0) is 38.0 Å². The Kier molecular flexibility index (Phi) is 8.15. The van der Waals surface area contributed by atoms with Crippen molar-refractivity contribution >= 4 is 11.5 Å². The second-order valence-corrected chi connectivity index (χ2v) is 5.35. The molecule has 0 atom stereocenters. The molecule has 1 aromatic rings. The predicted octanol–water partition coefficient (Wildman–Crippen LogP) is 4.84. The molecule has 0 amide bonds. The van der Waals surface area contributed by atoms with Crippen LogP contribution in [-0.2, 0) is 0 Å². The first-order valence-electron chi connectivity index (χ1n) is 7.90. The van der Waals surface area contributed by atoms with E-state index in [1.807, 2.05) is 18.7 Å². The van der Waals surface area contributed by atoms with Crippen LogP contribution in [0.1, 0.15) is 33.6 Å². The number of allylic oxidation sites excluding steroid dienone is 1. The molecule has 0 radical (unpaired) electrons. The predicted molar refractivity (Wildman–Crippen MR) is 90.3 cm³/mol. The number of nitrogens with one attached hydrogen (secondary N) is 2. The van der Waals surface area contributed by atoms with Gasteiger partial charge in [0.25, 0.3) is 0 Å². The maximum absolute atomic E-state index is 13.4.